The molecule has 6 nitrogen and oxygen atoms in total. The Labute approximate surface area is 157 Å². The second-order valence-corrected chi connectivity index (χ2v) is 6.68. The molecular weight excluding hydrogens is 338 g/mol. The molecule has 2 aromatic carbocycles. The number of nitrogens with zero attached hydrogens (tertiary/aromatic N) is 4. The number of benzene rings is 2. The van der Waals surface area contributed by atoms with E-state index in [0.717, 1.165) is 34.8 Å². The summed E-state index contributed by atoms with van der Waals surface area (Å²) in [5, 5.41) is 9.20. The molecule has 27 heavy (non-hydrogen) atoms. The number of nitrogens with one attached hydrogen (secondary N) is 1. The van der Waals surface area contributed by atoms with Crippen molar-refractivity contribution in [2.24, 2.45) is 0 Å². The highest BCUT2D eigenvalue weighted by molar-refractivity contribution is 5.85. The number of aliphatic hydroxyl groups is 1. The smallest absolute Gasteiger partial charge is 0.183 e. The first-order valence-corrected chi connectivity index (χ1v) is 8.81. The van der Waals surface area contributed by atoms with Crippen molar-refractivity contribution in [1.29, 1.82) is 0 Å². The molecule has 0 aliphatic heterocycles. The van der Waals surface area contributed by atoms with Crippen molar-refractivity contribution in [3.05, 3.63) is 71.5 Å². The Balaban J connectivity index is 1.68. The van der Waals surface area contributed by atoms with Gasteiger partial charge in [0.1, 0.15) is 17.7 Å². The standard InChI is InChI=1S/C21H21N5O/c1-14-4-3-5-16(10-14)11-26(2)21-18-20(22-13-23-21)25-19(24-18)17-8-6-15(12-27)7-9-17/h3-10,13,27H,11-12H2,1-2H3,(H,22,23,24,25). The van der Waals surface area contributed by atoms with Gasteiger partial charge in [-0.15, -0.1) is 0 Å². The SMILES string of the molecule is Cc1cccc(CN(C)c2ncnc3nc(-c4ccc(CO)cc4)[nH]c23)c1. The second kappa shape index (κ2) is 7.17. The minimum absolute atomic E-state index is 0.0276. The molecule has 4 aromatic rings. The largest absolute Gasteiger partial charge is 0.392 e. The highest BCUT2D eigenvalue weighted by Crippen LogP contribution is 2.25. The number of aromatic amines is 1. The number of fused-ring (bicyclic) bond motifs is 1. The van der Waals surface area contributed by atoms with E-state index >= 15 is 0 Å². The fourth-order valence-electron chi connectivity index (χ4n) is 3.17. The lowest BCUT2D eigenvalue weighted by Crippen LogP contribution is -2.18. The third-order valence-corrected chi connectivity index (χ3v) is 4.54. The Hall–Kier alpha value is -3.25. The van der Waals surface area contributed by atoms with Gasteiger partial charge in [-0.3, -0.25) is 0 Å². The van der Waals surface area contributed by atoms with Gasteiger partial charge < -0.3 is 15.0 Å². The van der Waals surface area contributed by atoms with Crippen molar-refractivity contribution in [3.8, 4) is 11.4 Å². The number of anilines is 1. The lowest BCUT2D eigenvalue weighted by Gasteiger charge is -2.18. The Kier molecular flexibility index (Phi) is 4.56. The summed E-state index contributed by atoms with van der Waals surface area (Å²) in [6.45, 7) is 2.86. The minimum atomic E-state index is 0.0276. The van der Waals surface area contributed by atoms with Crippen LogP contribution in [-0.4, -0.2) is 32.1 Å². The molecule has 0 radical (unpaired) electrons. The van der Waals surface area contributed by atoms with Crippen LogP contribution < -0.4 is 4.90 Å². The third-order valence-electron chi connectivity index (χ3n) is 4.54. The van der Waals surface area contributed by atoms with Crippen molar-refractivity contribution in [1.82, 2.24) is 19.9 Å². The van der Waals surface area contributed by atoms with E-state index in [1.54, 1.807) is 6.33 Å². The van der Waals surface area contributed by atoms with Crippen LogP contribution in [0, 0.1) is 6.92 Å². The summed E-state index contributed by atoms with van der Waals surface area (Å²) < 4.78 is 0. The lowest BCUT2D eigenvalue weighted by molar-refractivity contribution is 0.282. The van der Waals surface area contributed by atoms with Gasteiger partial charge >= 0.3 is 0 Å². The van der Waals surface area contributed by atoms with Crippen molar-refractivity contribution in [3.63, 3.8) is 0 Å². The first-order chi connectivity index (χ1) is 13.1. The van der Waals surface area contributed by atoms with Crippen LogP contribution in [0.25, 0.3) is 22.6 Å². The van der Waals surface area contributed by atoms with Gasteiger partial charge in [0.15, 0.2) is 11.5 Å². The van der Waals surface area contributed by atoms with Crippen LogP contribution in [-0.2, 0) is 13.2 Å². The van der Waals surface area contributed by atoms with Gasteiger partial charge in [-0.2, -0.15) is 0 Å². The Morgan fingerprint density at radius 1 is 1.04 bits per heavy atom. The lowest BCUT2D eigenvalue weighted by atomic mass is 10.1. The molecular formula is C21H21N5O. The molecule has 6 heteroatoms. The number of rotatable bonds is 5. The Bertz CT molecular complexity index is 1070. The van der Waals surface area contributed by atoms with Crippen molar-refractivity contribution < 1.29 is 5.11 Å². The number of aromatic nitrogens is 4. The highest BCUT2D eigenvalue weighted by atomic mass is 16.3. The van der Waals surface area contributed by atoms with Gasteiger partial charge in [0.05, 0.1) is 6.61 Å². The van der Waals surface area contributed by atoms with Crippen LogP contribution in [0.1, 0.15) is 16.7 Å². The van der Waals surface area contributed by atoms with E-state index in [4.69, 9.17) is 0 Å². The molecule has 0 saturated heterocycles. The molecule has 2 aromatic heterocycles. The molecule has 0 aliphatic rings. The number of aryl methyl sites for hydroxylation is 1. The molecule has 136 valence electrons. The highest BCUT2D eigenvalue weighted by Gasteiger charge is 2.14. The molecule has 2 heterocycles. The van der Waals surface area contributed by atoms with Gasteiger partial charge in [-0.1, -0.05) is 54.1 Å². The zero-order chi connectivity index (χ0) is 18.8. The second-order valence-electron chi connectivity index (χ2n) is 6.68. The van der Waals surface area contributed by atoms with Gasteiger partial charge in [0, 0.05) is 19.2 Å². The topological polar surface area (TPSA) is 77.9 Å². The predicted molar refractivity (Wildman–Crippen MR) is 106 cm³/mol. The Morgan fingerprint density at radius 3 is 2.59 bits per heavy atom. The van der Waals surface area contributed by atoms with E-state index in [9.17, 15) is 5.11 Å². The maximum Gasteiger partial charge on any atom is 0.183 e. The first kappa shape index (κ1) is 17.2. The molecule has 0 fully saturated rings. The molecule has 2 N–H and O–H groups in total. The summed E-state index contributed by atoms with van der Waals surface area (Å²) in [6, 6.07) is 16.1. The van der Waals surface area contributed by atoms with Gasteiger partial charge in [-0.25, -0.2) is 15.0 Å². The van der Waals surface area contributed by atoms with Gasteiger partial charge in [0.25, 0.3) is 0 Å². The van der Waals surface area contributed by atoms with Crippen molar-refractivity contribution in [2.45, 2.75) is 20.1 Å². The van der Waals surface area contributed by atoms with Gasteiger partial charge in [-0.05, 0) is 18.1 Å². The average molecular weight is 359 g/mol. The van der Waals surface area contributed by atoms with Crippen LogP contribution in [0.4, 0.5) is 5.82 Å². The number of hydrogen-bond donors (Lipinski definition) is 2. The number of hydrogen-bond acceptors (Lipinski definition) is 5. The summed E-state index contributed by atoms with van der Waals surface area (Å²) in [5.41, 5.74) is 5.73. The van der Waals surface area contributed by atoms with E-state index < -0.39 is 0 Å². The molecule has 0 amide bonds. The monoisotopic (exact) mass is 359 g/mol. The fraction of sp³-hybridized carbons (Fsp3) is 0.190. The van der Waals surface area contributed by atoms with E-state index in [1.165, 1.54) is 11.1 Å². The van der Waals surface area contributed by atoms with Crippen molar-refractivity contribution in [2.75, 3.05) is 11.9 Å². The normalized spacial score (nSPS) is 11.1. The minimum Gasteiger partial charge on any atom is -0.392 e. The number of imidazole rings is 1. The Morgan fingerprint density at radius 2 is 1.85 bits per heavy atom. The summed E-state index contributed by atoms with van der Waals surface area (Å²) in [6.07, 6.45) is 1.55. The fourth-order valence-corrected chi connectivity index (χ4v) is 3.17. The van der Waals surface area contributed by atoms with Crippen LogP contribution in [0.5, 0.6) is 0 Å². The van der Waals surface area contributed by atoms with E-state index in [1.807, 2.05) is 31.3 Å². The summed E-state index contributed by atoms with van der Waals surface area (Å²) in [5.74, 6) is 1.55. The first-order valence-electron chi connectivity index (χ1n) is 8.81. The van der Waals surface area contributed by atoms with Crippen LogP contribution >= 0.6 is 0 Å². The molecule has 4 rings (SSSR count). The maximum atomic E-state index is 9.20. The maximum absolute atomic E-state index is 9.20. The van der Waals surface area contributed by atoms with Crippen molar-refractivity contribution >= 4 is 17.0 Å². The summed E-state index contributed by atoms with van der Waals surface area (Å²) in [4.78, 5) is 18.8. The predicted octanol–water partition coefficient (Wildman–Crippen LogP) is 3.46. The van der Waals surface area contributed by atoms with E-state index in [0.29, 0.717) is 5.65 Å². The molecule has 0 spiro atoms. The number of H-pyrrole nitrogens is 1. The van der Waals surface area contributed by atoms with Crippen LogP contribution in [0.2, 0.25) is 0 Å². The van der Waals surface area contributed by atoms with Gasteiger partial charge in [0.2, 0.25) is 0 Å². The van der Waals surface area contributed by atoms with E-state index in [2.05, 4.69) is 56.0 Å². The molecule has 0 bridgehead atoms. The molecule has 0 saturated carbocycles. The van der Waals surface area contributed by atoms with Crippen LogP contribution in [0.3, 0.4) is 0 Å². The summed E-state index contributed by atoms with van der Waals surface area (Å²) in [7, 11) is 2.01. The zero-order valence-electron chi connectivity index (χ0n) is 15.3. The molecule has 0 atom stereocenters. The average Bonchev–Trinajstić information content (AvgIpc) is 3.12. The molecule has 0 unspecified atom stereocenters. The summed E-state index contributed by atoms with van der Waals surface area (Å²) >= 11 is 0. The zero-order valence-corrected chi connectivity index (χ0v) is 15.3. The molecule has 0 aliphatic carbocycles. The number of aliphatic hydroxyl groups excluding tert-OH is 1. The quantitative estimate of drug-likeness (QED) is 0.571. The van der Waals surface area contributed by atoms with Crippen LogP contribution in [0.15, 0.2) is 54.9 Å². The third kappa shape index (κ3) is 3.52. The van der Waals surface area contributed by atoms with E-state index in [-0.39, 0.29) is 6.61 Å².